The second-order valence-corrected chi connectivity index (χ2v) is 7.02. The minimum atomic E-state index is -0.154. The number of rotatable bonds is 4. The molecule has 20 heavy (non-hydrogen) atoms. The number of hydrogen-bond acceptors (Lipinski definition) is 2. The van der Waals surface area contributed by atoms with Crippen LogP contribution in [0.5, 0.6) is 0 Å². The summed E-state index contributed by atoms with van der Waals surface area (Å²) in [5, 5.41) is 3.38. The van der Waals surface area contributed by atoms with Gasteiger partial charge in [0.25, 0.3) is 0 Å². The van der Waals surface area contributed by atoms with Gasteiger partial charge in [0, 0.05) is 5.56 Å². The fraction of sp³-hybridized carbons (Fsp3) is 0.333. The molecule has 0 amide bonds. The maximum Gasteiger partial charge on any atom is 0.129 e. The molecule has 1 heterocycles. The summed E-state index contributed by atoms with van der Waals surface area (Å²) in [4.78, 5) is 0. The molecule has 1 aromatic heterocycles. The first-order valence-corrected chi connectivity index (χ1v) is 7.96. The zero-order chi connectivity index (χ0) is 14.9. The zero-order valence-electron chi connectivity index (χ0n) is 11.6. The standard InChI is InChI=1S/C15H16Cl2FNS/c1-4-19-14(11-7-12(16)20-15(11)17)10-5-8(2)13(18)9(3)6-10/h5-7,14,19H,4H2,1-3H3. The fourth-order valence-electron chi connectivity index (χ4n) is 2.31. The summed E-state index contributed by atoms with van der Waals surface area (Å²) in [7, 11) is 0. The smallest absolute Gasteiger partial charge is 0.129 e. The van der Waals surface area contributed by atoms with E-state index in [1.807, 2.05) is 25.1 Å². The molecule has 1 nitrogen and oxygen atoms in total. The van der Waals surface area contributed by atoms with Crippen LogP contribution in [-0.4, -0.2) is 6.54 Å². The van der Waals surface area contributed by atoms with Gasteiger partial charge in [-0.2, -0.15) is 0 Å². The molecule has 1 aromatic carbocycles. The molecule has 5 heteroatoms. The maximum atomic E-state index is 13.8. The SMILES string of the molecule is CCNC(c1cc(C)c(F)c(C)c1)c1cc(Cl)sc1Cl. The van der Waals surface area contributed by atoms with Crippen molar-refractivity contribution in [1.82, 2.24) is 5.32 Å². The lowest BCUT2D eigenvalue weighted by Gasteiger charge is -2.19. The molecule has 0 radical (unpaired) electrons. The highest BCUT2D eigenvalue weighted by Crippen LogP contribution is 2.38. The summed E-state index contributed by atoms with van der Waals surface area (Å²) in [5.41, 5.74) is 3.22. The molecule has 1 atom stereocenters. The third-order valence-corrected chi connectivity index (χ3v) is 4.71. The Morgan fingerprint density at radius 3 is 2.25 bits per heavy atom. The van der Waals surface area contributed by atoms with E-state index in [0.717, 1.165) is 17.7 Å². The minimum absolute atomic E-state index is 0.0748. The van der Waals surface area contributed by atoms with E-state index in [0.29, 0.717) is 19.8 Å². The van der Waals surface area contributed by atoms with Gasteiger partial charge in [-0.05, 0) is 43.1 Å². The molecule has 2 rings (SSSR count). The number of thiophene rings is 1. The first-order valence-electron chi connectivity index (χ1n) is 6.38. The van der Waals surface area contributed by atoms with Gasteiger partial charge in [-0.15, -0.1) is 11.3 Å². The molecular weight excluding hydrogens is 316 g/mol. The van der Waals surface area contributed by atoms with Gasteiger partial charge in [0.2, 0.25) is 0 Å². The van der Waals surface area contributed by atoms with Crippen LogP contribution in [0.1, 0.15) is 35.2 Å². The maximum absolute atomic E-state index is 13.8. The molecule has 0 saturated heterocycles. The average molecular weight is 332 g/mol. The zero-order valence-corrected chi connectivity index (χ0v) is 13.9. The molecule has 0 bridgehead atoms. The lowest BCUT2D eigenvalue weighted by atomic mass is 9.97. The van der Waals surface area contributed by atoms with Gasteiger partial charge in [-0.25, -0.2) is 4.39 Å². The highest BCUT2D eigenvalue weighted by molar-refractivity contribution is 7.20. The third-order valence-electron chi connectivity index (χ3n) is 3.19. The Morgan fingerprint density at radius 2 is 1.80 bits per heavy atom. The Kier molecular flexibility index (Phi) is 5.08. The van der Waals surface area contributed by atoms with Gasteiger partial charge >= 0.3 is 0 Å². The second kappa shape index (κ2) is 6.44. The van der Waals surface area contributed by atoms with Crippen molar-refractivity contribution in [2.75, 3.05) is 6.54 Å². The Bertz CT molecular complexity index is 601. The summed E-state index contributed by atoms with van der Waals surface area (Å²) in [6.45, 7) is 6.36. The summed E-state index contributed by atoms with van der Waals surface area (Å²) >= 11 is 13.6. The Labute approximate surface area is 132 Å². The molecule has 0 aliphatic heterocycles. The largest absolute Gasteiger partial charge is 0.306 e. The van der Waals surface area contributed by atoms with E-state index in [1.165, 1.54) is 11.3 Å². The quantitative estimate of drug-likeness (QED) is 0.778. The van der Waals surface area contributed by atoms with E-state index in [1.54, 1.807) is 13.8 Å². The van der Waals surface area contributed by atoms with Crippen molar-refractivity contribution in [3.63, 3.8) is 0 Å². The summed E-state index contributed by atoms with van der Waals surface area (Å²) in [5.74, 6) is -0.154. The summed E-state index contributed by atoms with van der Waals surface area (Å²) in [6.07, 6.45) is 0. The van der Waals surface area contributed by atoms with Gasteiger partial charge in [-0.3, -0.25) is 0 Å². The van der Waals surface area contributed by atoms with Crippen molar-refractivity contribution in [3.8, 4) is 0 Å². The van der Waals surface area contributed by atoms with Crippen molar-refractivity contribution in [2.45, 2.75) is 26.8 Å². The first kappa shape index (κ1) is 15.8. The van der Waals surface area contributed by atoms with Crippen LogP contribution < -0.4 is 5.32 Å². The van der Waals surface area contributed by atoms with Crippen molar-refractivity contribution in [3.05, 3.63) is 54.9 Å². The van der Waals surface area contributed by atoms with E-state index in [2.05, 4.69) is 5.32 Å². The molecule has 1 N–H and O–H groups in total. The number of aryl methyl sites for hydroxylation is 2. The van der Waals surface area contributed by atoms with Crippen LogP contribution in [0, 0.1) is 19.7 Å². The van der Waals surface area contributed by atoms with Crippen LogP contribution in [-0.2, 0) is 0 Å². The Hall–Kier alpha value is -0.610. The highest BCUT2D eigenvalue weighted by Gasteiger charge is 2.20. The van der Waals surface area contributed by atoms with Crippen LogP contribution in [0.4, 0.5) is 4.39 Å². The molecular formula is C15H16Cl2FNS. The molecule has 2 aromatic rings. The van der Waals surface area contributed by atoms with Crippen molar-refractivity contribution >= 4 is 34.5 Å². The molecule has 0 spiro atoms. The van der Waals surface area contributed by atoms with Gasteiger partial charge in [-0.1, -0.05) is 42.3 Å². The monoisotopic (exact) mass is 331 g/mol. The molecule has 1 unspecified atom stereocenters. The number of halogens is 3. The van der Waals surface area contributed by atoms with Crippen LogP contribution >= 0.6 is 34.5 Å². The first-order chi connectivity index (χ1) is 9.43. The van der Waals surface area contributed by atoms with Gasteiger partial charge in [0.05, 0.1) is 14.7 Å². The molecule has 0 saturated carbocycles. The Morgan fingerprint density at radius 1 is 1.20 bits per heavy atom. The van der Waals surface area contributed by atoms with Crippen LogP contribution in [0.25, 0.3) is 0 Å². The Balaban J connectivity index is 2.51. The highest BCUT2D eigenvalue weighted by atomic mass is 35.5. The lowest BCUT2D eigenvalue weighted by Crippen LogP contribution is -2.22. The predicted octanol–water partition coefficient (Wildman–Crippen LogP) is 5.51. The topological polar surface area (TPSA) is 12.0 Å². The van der Waals surface area contributed by atoms with Crippen LogP contribution in [0.2, 0.25) is 8.67 Å². The van der Waals surface area contributed by atoms with Crippen LogP contribution in [0.3, 0.4) is 0 Å². The van der Waals surface area contributed by atoms with Crippen molar-refractivity contribution < 1.29 is 4.39 Å². The predicted molar refractivity (Wildman–Crippen MR) is 85.7 cm³/mol. The van der Waals surface area contributed by atoms with Gasteiger partial charge in [0.1, 0.15) is 5.82 Å². The summed E-state index contributed by atoms with van der Waals surface area (Å²) in [6, 6.07) is 5.51. The minimum Gasteiger partial charge on any atom is -0.306 e. The van der Waals surface area contributed by atoms with Gasteiger partial charge in [0.15, 0.2) is 0 Å². The number of benzene rings is 1. The van der Waals surface area contributed by atoms with E-state index in [9.17, 15) is 4.39 Å². The van der Waals surface area contributed by atoms with Crippen LogP contribution in [0.15, 0.2) is 18.2 Å². The van der Waals surface area contributed by atoms with E-state index < -0.39 is 0 Å². The van der Waals surface area contributed by atoms with Gasteiger partial charge < -0.3 is 5.32 Å². The molecule has 0 fully saturated rings. The lowest BCUT2D eigenvalue weighted by molar-refractivity contribution is 0.599. The molecule has 108 valence electrons. The second-order valence-electron chi connectivity index (χ2n) is 4.74. The van der Waals surface area contributed by atoms with Crippen molar-refractivity contribution in [1.29, 1.82) is 0 Å². The van der Waals surface area contributed by atoms with Crippen molar-refractivity contribution in [2.24, 2.45) is 0 Å². The third kappa shape index (κ3) is 3.17. The number of nitrogens with one attached hydrogen (secondary N) is 1. The fourth-order valence-corrected chi connectivity index (χ4v) is 3.84. The average Bonchev–Trinajstić information content (AvgIpc) is 2.71. The molecule has 0 aliphatic carbocycles. The van der Waals surface area contributed by atoms with E-state index in [-0.39, 0.29) is 11.9 Å². The van der Waals surface area contributed by atoms with E-state index >= 15 is 0 Å². The normalized spacial score (nSPS) is 12.7. The number of hydrogen-bond donors (Lipinski definition) is 1. The molecule has 0 aliphatic rings. The van der Waals surface area contributed by atoms with E-state index in [4.69, 9.17) is 23.2 Å². The summed E-state index contributed by atoms with van der Waals surface area (Å²) < 4.78 is 15.1.